The molecule has 4 aromatic rings. The molecule has 0 spiro atoms. The highest BCUT2D eigenvalue weighted by molar-refractivity contribution is 7.17. The van der Waals surface area contributed by atoms with Crippen LogP contribution in [-0.2, 0) is 4.74 Å². The molecule has 8 nitrogen and oxygen atoms in total. The van der Waals surface area contributed by atoms with Gasteiger partial charge in [0.15, 0.2) is 10.6 Å². The van der Waals surface area contributed by atoms with E-state index in [1.54, 1.807) is 38.1 Å². The topological polar surface area (TPSA) is 98.9 Å². The first-order valence-electron chi connectivity index (χ1n) is 11.7. The molecule has 0 fully saturated rings. The van der Waals surface area contributed by atoms with Crippen molar-refractivity contribution in [1.82, 2.24) is 4.98 Å². The number of nitrogens with zero attached hydrogens (tertiary/aromatic N) is 2. The number of para-hydroxylation sites is 1. The summed E-state index contributed by atoms with van der Waals surface area (Å²) in [5.41, 5.74) is 1.44. The molecule has 184 valence electrons. The first-order chi connectivity index (χ1) is 17.4. The normalized spacial score (nSPS) is 14.8. The molecule has 3 heterocycles. The van der Waals surface area contributed by atoms with E-state index in [0.717, 1.165) is 17.8 Å². The van der Waals surface area contributed by atoms with Crippen LogP contribution in [0.2, 0.25) is 0 Å². The predicted octanol–water partition coefficient (Wildman–Crippen LogP) is 5.27. The summed E-state index contributed by atoms with van der Waals surface area (Å²) in [5.74, 6) is -0.331. The number of hydrogen-bond donors (Lipinski definition) is 0. The Morgan fingerprint density at radius 2 is 1.86 bits per heavy atom. The molecule has 0 saturated carbocycles. The molecule has 1 amide bonds. The minimum absolute atomic E-state index is 0.0273. The maximum absolute atomic E-state index is 13.7. The van der Waals surface area contributed by atoms with E-state index in [4.69, 9.17) is 13.9 Å². The maximum atomic E-state index is 13.7. The van der Waals surface area contributed by atoms with Crippen LogP contribution in [0.15, 0.2) is 57.7 Å². The van der Waals surface area contributed by atoms with Gasteiger partial charge in [-0.1, -0.05) is 42.5 Å². The Morgan fingerprint density at radius 3 is 2.58 bits per heavy atom. The Kier molecular flexibility index (Phi) is 6.32. The van der Waals surface area contributed by atoms with Crippen LogP contribution in [-0.4, -0.2) is 30.1 Å². The lowest BCUT2D eigenvalue weighted by Crippen LogP contribution is -2.29. The number of amides is 1. The summed E-state index contributed by atoms with van der Waals surface area (Å²) in [4.78, 5) is 46.1. The Balaban J connectivity index is 1.68. The zero-order chi connectivity index (χ0) is 25.4. The molecule has 1 aliphatic rings. The number of aromatic nitrogens is 1. The van der Waals surface area contributed by atoms with Gasteiger partial charge in [-0.2, -0.15) is 0 Å². The Bertz CT molecular complexity index is 1520. The van der Waals surface area contributed by atoms with Crippen molar-refractivity contribution in [3.8, 4) is 5.75 Å². The standard InChI is InChI=1S/C27H24N2O6S/c1-4-14-34-17-12-10-16(11-13-17)21-20-22(30)18-8-6-7-9-19(18)35-23(20)25(31)29(21)27-28-15(3)24(36-27)26(32)33-5-2/h6-13,21H,4-5,14H2,1-3H3. The van der Waals surface area contributed by atoms with Crippen LogP contribution in [0.5, 0.6) is 5.75 Å². The molecule has 5 rings (SSSR count). The van der Waals surface area contributed by atoms with E-state index in [1.807, 2.05) is 31.2 Å². The monoisotopic (exact) mass is 504 g/mol. The molecule has 1 aliphatic heterocycles. The number of carbonyl (C=O) groups excluding carboxylic acids is 2. The molecule has 0 bridgehead atoms. The number of benzene rings is 2. The molecule has 9 heteroatoms. The first-order valence-corrected chi connectivity index (χ1v) is 12.5. The fourth-order valence-corrected chi connectivity index (χ4v) is 5.26. The molecule has 1 atom stereocenters. The average Bonchev–Trinajstić information content (AvgIpc) is 3.41. The second kappa shape index (κ2) is 9.58. The van der Waals surface area contributed by atoms with Crippen molar-refractivity contribution < 1.29 is 23.5 Å². The van der Waals surface area contributed by atoms with Gasteiger partial charge in [0.25, 0.3) is 5.91 Å². The molecule has 0 radical (unpaired) electrons. The van der Waals surface area contributed by atoms with E-state index < -0.39 is 17.9 Å². The third-order valence-electron chi connectivity index (χ3n) is 5.90. The van der Waals surface area contributed by atoms with E-state index in [-0.39, 0.29) is 28.5 Å². The number of fused-ring (bicyclic) bond motifs is 2. The lowest BCUT2D eigenvalue weighted by Gasteiger charge is -2.22. The van der Waals surface area contributed by atoms with Crippen molar-refractivity contribution >= 4 is 39.3 Å². The number of anilines is 1. The van der Waals surface area contributed by atoms with Crippen LogP contribution in [0.4, 0.5) is 5.13 Å². The smallest absolute Gasteiger partial charge is 0.350 e. The second-order valence-electron chi connectivity index (χ2n) is 8.30. The highest BCUT2D eigenvalue weighted by Crippen LogP contribution is 2.43. The van der Waals surface area contributed by atoms with Gasteiger partial charge >= 0.3 is 5.97 Å². The molecule has 2 aromatic carbocycles. The summed E-state index contributed by atoms with van der Waals surface area (Å²) in [6.45, 7) is 6.24. The van der Waals surface area contributed by atoms with Gasteiger partial charge in [-0.15, -0.1) is 0 Å². The van der Waals surface area contributed by atoms with Gasteiger partial charge in [0, 0.05) is 0 Å². The predicted molar refractivity (Wildman–Crippen MR) is 136 cm³/mol. The Morgan fingerprint density at radius 1 is 1.11 bits per heavy atom. The Hall–Kier alpha value is -3.98. The Labute approximate surface area is 211 Å². The van der Waals surface area contributed by atoms with E-state index in [9.17, 15) is 14.4 Å². The SMILES string of the molecule is CCCOc1ccc(C2c3c(oc4ccccc4c3=O)C(=O)N2c2nc(C)c(C(=O)OCC)s2)cc1. The number of aryl methyl sites for hydroxylation is 1. The quantitative estimate of drug-likeness (QED) is 0.316. The van der Waals surface area contributed by atoms with Crippen LogP contribution >= 0.6 is 11.3 Å². The van der Waals surface area contributed by atoms with Crippen molar-refractivity contribution in [3.63, 3.8) is 0 Å². The van der Waals surface area contributed by atoms with Crippen molar-refractivity contribution in [3.05, 3.63) is 86.2 Å². The van der Waals surface area contributed by atoms with E-state index >= 15 is 0 Å². The third-order valence-corrected chi connectivity index (χ3v) is 7.04. The lowest BCUT2D eigenvalue weighted by atomic mass is 9.98. The van der Waals surface area contributed by atoms with E-state index in [2.05, 4.69) is 4.98 Å². The summed E-state index contributed by atoms with van der Waals surface area (Å²) in [5, 5.41) is 0.674. The van der Waals surface area contributed by atoms with E-state index in [0.29, 0.717) is 39.5 Å². The van der Waals surface area contributed by atoms with Crippen LogP contribution in [0.25, 0.3) is 11.0 Å². The van der Waals surface area contributed by atoms with Gasteiger partial charge in [-0.05, 0) is 50.1 Å². The molecule has 0 aliphatic carbocycles. The number of hydrogen-bond acceptors (Lipinski definition) is 8. The second-order valence-corrected chi connectivity index (χ2v) is 9.27. The summed E-state index contributed by atoms with van der Waals surface area (Å²) >= 11 is 1.05. The summed E-state index contributed by atoms with van der Waals surface area (Å²) in [6.07, 6.45) is 0.875. The van der Waals surface area contributed by atoms with Gasteiger partial charge in [0.05, 0.1) is 35.9 Å². The minimum Gasteiger partial charge on any atom is -0.494 e. The van der Waals surface area contributed by atoms with Crippen molar-refractivity contribution in [2.24, 2.45) is 0 Å². The summed E-state index contributed by atoms with van der Waals surface area (Å²) in [7, 11) is 0. The molecule has 2 aromatic heterocycles. The number of thiazole rings is 1. The van der Waals surface area contributed by atoms with Crippen LogP contribution < -0.4 is 15.1 Å². The molecule has 1 unspecified atom stereocenters. The zero-order valence-electron chi connectivity index (χ0n) is 20.1. The van der Waals surface area contributed by atoms with Crippen LogP contribution in [0, 0.1) is 6.92 Å². The fraction of sp³-hybridized carbons (Fsp3) is 0.259. The van der Waals surface area contributed by atoms with Gasteiger partial charge in [0.2, 0.25) is 5.76 Å². The summed E-state index contributed by atoms with van der Waals surface area (Å²) < 4.78 is 16.8. The first kappa shape index (κ1) is 23.7. The van der Waals surface area contributed by atoms with Gasteiger partial charge in [-0.3, -0.25) is 14.5 Å². The van der Waals surface area contributed by atoms with Gasteiger partial charge in [-0.25, -0.2) is 9.78 Å². The van der Waals surface area contributed by atoms with E-state index in [1.165, 1.54) is 4.90 Å². The lowest BCUT2D eigenvalue weighted by molar-refractivity contribution is 0.0531. The molecular weight excluding hydrogens is 480 g/mol. The number of carbonyl (C=O) groups is 2. The maximum Gasteiger partial charge on any atom is 0.350 e. The van der Waals surface area contributed by atoms with Gasteiger partial charge in [0.1, 0.15) is 16.2 Å². The number of rotatable bonds is 7. The highest BCUT2D eigenvalue weighted by atomic mass is 32.1. The molecular formula is C27H24N2O6S. The highest BCUT2D eigenvalue weighted by Gasteiger charge is 2.45. The number of esters is 1. The fourth-order valence-electron chi connectivity index (χ4n) is 4.27. The van der Waals surface area contributed by atoms with Crippen molar-refractivity contribution in [2.45, 2.75) is 33.2 Å². The largest absolute Gasteiger partial charge is 0.494 e. The van der Waals surface area contributed by atoms with Crippen LogP contribution in [0.1, 0.15) is 63.4 Å². The zero-order valence-corrected chi connectivity index (χ0v) is 20.9. The molecule has 0 saturated heterocycles. The molecule has 0 N–H and O–H groups in total. The third kappa shape index (κ3) is 3.95. The van der Waals surface area contributed by atoms with Crippen molar-refractivity contribution in [2.75, 3.05) is 18.1 Å². The van der Waals surface area contributed by atoms with Crippen molar-refractivity contribution in [1.29, 1.82) is 0 Å². The summed E-state index contributed by atoms with van der Waals surface area (Å²) in [6, 6.07) is 13.3. The van der Waals surface area contributed by atoms with Crippen LogP contribution in [0.3, 0.4) is 0 Å². The average molecular weight is 505 g/mol. The minimum atomic E-state index is -0.783. The molecule has 36 heavy (non-hydrogen) atoms. The van der Waals surface area contributed by atoms with Gasteiger partial charge < -0.3 is 13.9 Å². The number of ether oxygens (including phenoxy) is 2.